The first-order valence-electron chi connectivity index (χ1n) is 8.93. The van der Waals surface area contributed by atoms with Crippen molar-refractivity contribution in [3.05, 3.63) is 96.3 Å². The van der Waals surface area contributed by atoms with Gasteiger partial charge in [0.25, 0.3) is 0 Å². The van der Waals surface area contributed by atoms with Gasteiger partial charge in [0, 0.05) is 23.5 Å². The summed E-state index contributed by atoms with van der Waals surface area (Å²) >= 11 is 0. The van der Waals surface area contributed by atoms with Gasteiger partial charge in [0.2, 0.25) is 0 Å². The van der Waals surface area contributed by atoms with Crippen LogP contribution in [0.25, 0.3) is 22.5 Å². The van der Waals surface area contributed by atoms with Gasteiger partial charge in [0.1, 0.15) is 11.5 Å². The van der Waals surface area contributed by atoms with Crippen molar-refractivity contribution >= 4 is 0 Å². The molecule has 0 aliphatic rings. The number of pyridine rings is 2. The number of aryl methyl sites for hydroxylation is 2. The van der Waals surface area contributed by atoms with E-state index >= 15 is 0 Å². The molecule has 2 heterocycles. The minimum Gasteiger partial charge on any atom is -0.457 e. The standard InChI is InChI=1S/C24H20N2O/c1-17-7-5-13-25-23(17)19-9-3-11-21(15-19)27-22-12-4-10-20(16-22)24-18(2)8-6-14-26-24/h3-16H,1-2H3. The van der Waals surface area contributed by atoms with E-state index in [1.165, 1.54) is 0 Å². The number of ether oxygens (including phenoxy) is 1. The third kappa shape index (κ3) is 3.72. The van der Waals surface area contributed by atoms with Gasteiger partial charge >= 0.3 is 0 Å². The normalized spacial score (nSPS) is 10.6. The summed E-state index contributed by atoms with van der Waals surface area (Å²) in [6.07, 6.45) is 3.63. The predicted molar refractivity (Wildman–Crippen MR) is 109 cm³/mol. The summed E-state index contributed by atoms with van der Waals surface area (Å²) in [5.41, 5.74) is 6.32. The van der Waals surface area contributed by atoms with Crippen molar-refractivity contribution in [1.29, 1.82) is 0 Å². The van der Waals surface area contributed by atoms with Crippen molar-refractivity contribution in [3.63, 3.8) is 0 Å². The molecular formula is C24H20N2O. The summed E-state index contributed by atoms with van der Waals surface area (Å²) in [6.45, 7) is 4.13. The molecule has 0 unspecified atom stereocenters. The fourth-order valence-corrected chi connectivity index (χ4v) is 3.13. The van der Waals surface area contributed by atoms with E-state index in [9.17, 15) is 0 Å². The first-order chi connectivity index (χ1) is 13.2. The zero-order chi connectivity index (χ0) is 18.6. The topological polar surface area (TPSA) is 35.0 Å². The Balaban J connectivity index is 1.64. The minimum absolute atomic E-state index is 0.785. The van der Waals surface area contributed by atoms with Crippen LogP contribution in [0.1, 0.15) is 11.1 Å². The van der Waals surface area contributed by atoms with Crippen LogP contribution in [0.2, 0.25) is 0 Å². The van der Waals surface area contributed by atoms with Gasteiger partial charge in [0.05, 0.1) is 11.4 Å². The quantitative estimate of drug-likeness (QED) is 0.437. The molecule has 0 bridgehead atoms. The summed E-state index contributed by atoms with van der Waals surface area (Å²) in [6, 6.07) is 24.1. The molecular weight excluding hydrogens is 332 g/mol. The van der Waals surface area contributed by atoms with Crippen LogP contribution in [0.15, 0.2) is 85.2 Å². The Labute approximate surface area is 159 Å². The molecule has 0 atom stereocenters. The number of aromatic nitrogens is 2. The molecule has 0 saturated heterocycles. The lowest BCUT2D eigenvalue weighted by molar-refractivity contribution is 0.483. The molecule has 0 fully saturated rings. The van der Waals surface area contributed by atoms with Gasteiger partial charge in [-0.2, -0.15) is 0 Å². The van der Waals surface area contributed by atoms with E-state index in [1.54, 1.807) is 0 Å². The minimum atomic E-state index is 0.785. The Morgan fingerprint density at radius 2 is 1.07 bits per heavy atom. The van der Waals surface area contributed by atoms with E-state index < -0.39 is 0 Å². The van der Waals surface area contributed by atoms with E-state index in [0.717, 1.165) is 45.1 Å². The van der Waals surface area contributed by atoms with Crippen LogP contribution in [-0.2, 0) is 0 Å². The van der Waals surface area contributed by atoms with Crippen LogP contribution in [0.3, 0.4) is 0 Å². The number of hydrogen-bond donors (Lipinski definition) is 0. The largest absolute Gasteiger partial charge is 0.457 e. The zero-order valence-electron chi connectivity index (χ0n) is 15.4. The van der Waals surface area contributed by atoms with Crippen LogP contribution in [0, 0.1) is 13.8 Å². The highest BCUT2D eigenvalue weighted by molar-refractivity contribution is 5.66. The maximum Gasteiger partial charge on any atom is 0.128 e. The average Bonchev–Trinajstić information content (AvgIpc) is 2.69. The van der Waals surface area contributed by atoms with Gasteiger partial charge in [-0.15, -0.1) is 0 Å². The third-order valence-electron chi connectivity index (χ3n) is 4.47. The van der Waals surface area contributed by atoms with Crippen LogP contribution in [0.4, 0.5) is 0 Å². The molecule has 0 saturated carbocycles. The Morgan fingerprint density at radius 1 is 0.593 bits per heavy atom. The fourth-order valence-electron chi connectivity index (χ4n) is 3.13. The van der Waals surface area contributed by atoms with Gasteiger partial charge in [-0.25, -0.2) is 0 Å². The molecule has 3 nitrogen and oxygen atoms in total. The van der Waals surface area contributed by atoms with Crippen molar-refractivity contribution in [3.8, 4) is 34.0 Å². The van der Waals surface area contributed by atoms with E-state index in [2.05, 4.69) is 48.1 Å². The summed E-state index contributed by atoms with van der Waals surface area (Å²) in [4.78, 5) is 8.99. The molecule has 2 aromatic heterocycles. The number of rotatable bonds is 4. The van der Waals surface area contributed by atoms with Crippen LogP contribution >= 0.6 is 0 Å². The Morgan fingerprint density at radius 3 is 1.52 bits per heavy atom. The van der Waals surface area contributed by atoms with Crippen molar-refractivity contribution in [1.82, 2.24) is 9.97 Å². The molecule has 0 radical (unpaired) electrons. The molecule has 27 heavy (non-hydrogen) atoms. The Kier molecular flexibility index (Phi) is 4.67. The van der Waals surface area contributed by atoms with Gasteiger partial charge in [-0.1, -0.05) is 36.4 Å². The Hall–Kier alpha value is -3.46. The Bertz CT molecular complexity index is 1000. The molecule has 0 N–H and O–H groups in total. The van der Waals surface area contributed by atoms with Crippen molar-refractivity contribution < 1.29 is 4.74 Å². The lowest BCUT2D eigenvalue weighted by Gasteiger charge is -2.10. The van der Waals surface area contributed by atoms with E-state index in [-0.39, 0.29) is 0 Å². The maximum atomic E-state index is 6.13. The first-order valence-corrected chi connectivity index (χ1v) is 8.93. The van der Waals surface area contributed by atoms with Crippen LogP contribution in [-0.4, -0.2) is 9.97 Å². The van der Waals surface area contributed by atoms with Crippen LogP contribution in [0.5, 0.6) is 11.5 Å². The van der Waals surface area contributed by atoms with E-state index in [0.29, 0.717) is 0 Å². The summed E-state index contributed by atoms with van der Waals surface area (Å²) in [5, 5.41) is 0. The third-order valence-corrected chi connectivity index (χ3v) is 4.47. The predicted octanol–water partition coefficient (Wildman–Crippen LogP) is 6.22. The van der Waals surface area contributed by atoms with Crippen molar-refractivity contribution in [2.45, 2.75) is 13.8 Å². The molecule has 0 aliphatic heterocycles. The van der Waals surface area contributed by atoms with Crippen molar-refractivity contribution in [2.24, 2.45) is 0 Å². The lowest BCUT2D eigenvalue weighted by Crippen LogP contribution is -1.90. The smallest absolute Gasteiger partial charge is 0.128 e. The van der Waals surface area contributed by atoms with Gasteiger partial charge < -0.3 is 4.74 Å². The van der Waals surface area contributed by atoms with Crippen LogP contribution < -0.4 is 4.74 Å². The SMILES string of the molecule is Cc1cccnc1-c1cccc(Oc2cccc(-c3ncccc3C)c2)c1. The summed E-state index contributed by atoms with van der Waals surface area (Å²) in [7, 11) is 0. The molecule has 4 aromatic rings. The monoisotopic (exact) mass is 352 g/mol. The van der Waals surface area contributed by atoms with Gasteiger partial charge in [-0.3, -0.25) is 9.97 Å². The average molecular weight is 352 g/mol. The summed E-state index contributed by atoms with van der Waals surface area (Å²) in [5.74, 6) is 1.57. The highest BCUT2D eigenvalue weighted by atomic mass is 16.5. The van der Waals surface area contributed by atoms with E-state index in [1.807, 2.05) is 60.9 Å². The maximum absolute atomic E-state index is 6.13. The number of nitrogens with zero attached hydrogens (tertiary/aromatic N) is 2. The second kappa shape index (κ2) is 7.42. The molecule has 132 valence electrons. The van der Waals surface area contributed by atoms with Gasteiger partial charge in [-0.05, 0) is 61.4 Å². The number of hydrogen-bond acceptors (Lipinski definition) is 3. The summed E-state index contributed by atoms with van der Waals surface area (Å²) < 4.78 is 6.13. The first kappa shape index (κ1) is 17.0. The van der Waals surface area contributed by atoms with Gasteiger partial charge in [0.15, 0.2) is 0 Å². The van der Waals surface area contributed by atoms with E-state index in [4.69, 9.17) is 4.74 Å². The molecule has 3 heteroatoms. The highest BCUT2D eigenvalue weighted by Crippen LogP contribution is 2.30. The molecule has 0 amide bonds. The highest BCUT2D eigenvalue weighted by Gasteiger charge is 2.07. The van der Waals surface area contributed by atoms with Crippen molar-refractivity contribution in [2.75, 3.05) is 0 Å². The number of benzene rings is 2. The molecule has 2 aromatic carbocycles. The molecule has 4 rings (SSSR count). The molecule has 0 aliphatic carbocycles. The lowest BCUT2D eigenvalue weighted by atomic mass is 10.1. The molecule has 0 spiro atoms. The second-order valence-electron chi connectivity index (χ2n) is 6.50. The second-order valence-corrected chi connectivity index (χ2v) is 6.50. The zero-order valence-corrected chi connectivity index (χ0v) is 15.4. The fraction of sp³-hybridized carbons (Fsp3) is 0.0833.